The van der Waals surface area contributed by atoms with E-state index in [4.69, 9.17) is 4.74 Å². The number of hydrogen-bond acceptors (Lipinski definition) is 4. The summed E-state index contributed by atoms with van der Waals surface area (Å²) in [5, 5.41) is 1.22. The minimum atomic E-state index is 0.741. The van der Waals surface area contributed by atoms with Crippen LogP contribution in [-0.4, -0.2) is 41.2 Å². The molecule has 0 unspecified atom stereocenters. The van der Waals surface area contributed by atoms with Crippen LogP contribution >= 0.6 is 11.8 Å². The maximum atomic E-state index is 5.84. The molecule has 0 aliphatic carbocycles. The normalized spacial score (nSPS) is 15.7. The molecular formula is C17H22N2OS. The Bertz CT molecular complexity index is 623. The van der Waals surface area contributed by atoms with E-state index in [0.29, 0.717) is 0 Å². The van der Waals surface area contributed by atoms with Gasteiger partial charge in [0.1, 0.15) is 0 Å². The second-order valence-corrected chi connectivity index (χ2v) is 6.73. The Morgan fingerprint density at radius 2 is 2.19 bits per heavy atom. The van der Waals surface area contributed by atoms with Crippen LogP contribution < -0.4 is 4.74 Å². The minimum Gasteiger partial charge on any atom is -0.478 e. The fourth-order valence-electron chi connectivity index (χ4n) is 2.64. The minimum absolute atomic E-state index is 0.741. The van der Waals surface area contributed by atoms with Gasteiger partial charge in [0.15, 0.2) is 0 Å². The van der Waals surface area contributed by atoms with Gasteiger partial charge in [0, 0.05) is 36.2 Å². The lowest BCUT2D eigenvalue weighted by Gasteiger charge is -2.14. The van der Waals surface area contributed by atoms with Crippen molar-refractivity contribution in [2.75, 3.05) is 31.3 Å². The van der Waals surface area contributed by atoms with Crippen LogP contribution in [0.3, 0.4) is 0 Å². The average Bonchev–Trinajstić information content (AvgIpc) is 2.98. The SMILES string of the molecule is Cc1ccc2nc(OCCCN3CCSC3)cc(C)c2c1. The van der Waals surface area contributed by atoms with Crippen LogP contribution in [0.25, 0.3) is 10.9 Å². The molecule has 0 spiro atoms. The number of hydrogen-bond donors (Lipinski definition) is 0. The maximum absolute atomic E-state index is 5.84. The van der Waals surface area contributed by atoms with Crippen LogP contribution in [0.2, 0.25) is 0 Å². The van der Waals surface area contributed by atoms with Gasteiger partial charge in [0.2, 0.25) is 5.88 Å². The van der Waals surface area contributed by atoms with Gasteiger partial charge in [-0.3, -0.25) is 4.90 Å². The van der Waals surface area contributed by atoms with Gasteiger partial charge in [-0.25, -0.2) is 4.98 Å². The van der Waals surface area contributed by atoms with Crippen LogP contribution in [0.4, 0.5) is 0 Å². The van der Waals surface area contributed by atoms with Gasteiger partial charge >= 0.3 is 0 Å². The third kappa shape index (κ3) is 3.69. The predicted molar refractivity (Wildman–Crippen MR) is 90.2 cm³/mol. The van der Waals surface area contributed by atoms with Gasteiger partial charge in [0.05, 0.1) is 12.1 Å². The molecule has 21 heavy (non-hydrogen) atoms. The molecule has 2 aromatic rings. The molecule has 0 bridgehead atoms. The first-order valence-corrected chi connectivity index (χ1v) is 8.69. The Kier molecular flexibility index (Phi) is 4.66. The van der Waals surface area contributed by atoms with Crippen molar-refractivity contribution >= 4 is 22.7 Å². The Hall–Kier alpha value is -1.26. The van der Waals surface area contributed by atoms with E-state index in [9.17, 15) is 0 Å². The van der Waals surface area contributed by atoms with Crippen molar-refractivity contribution in [3.63, 3.8) is 0 Å². The highest BCUT2D eigenvalue weighted by molar-refractivity contribution is 7.99. The third-order valence-electron chi connectivity index (χ3n) is 3.84. The van der Waals surface area contributed by atoms with Gasteiger partial charge in [-0.05, 0) is 38.0 Å². The van der Waals surface area contributed by atoms with Gasteiger partial charge in [-0.2, -0.15) is 0 Å². The molecule has 0 saturated carbocycles. The van der Waals surface area contributed by atoms with Crippen molar-refractivity contribution in [3.05, 3.63) is 35.4 Å². The number of thioether (sulfide) groups is 1. The zero-order valence-corrected chi connectivity index (χ0v) is 13.6. The number of fused-ring (bicyclic) bond motifs is 1. The first kappa shape index (κ1) is 14.7. The van der Waals surface area contributed by atoms with E-state index in [-0.39, 0.29) is 0 Å². The van der Waals surface area contributed by atoms with Crippen molar-refractivity contribution in [1.29, 1.82) is 0 Å². The Morgan fingerprint density at radius 3 is 3.00 bits per heavy atom. The van der Waals surface area contributed by atoms with E-state index in [1.165, 1.54) is 34.7 Å². The quantitative estimate of drug-likeness (QED) is 0.788. The lowest BCUT2D eigenvalue weighted by molar-refractivity contribution is 0.262. The Balaban J connectivity index is 1.60. The van der Waals surface area contributed by atoms with Gasteiger partial charge in [-0.1, -0.05) is 11.6 Å². The van der Waals surface area contributed by atoms with Crippen molar-refractivity contribution in [2.45, 2.75) is 20.3 Å². The number of pyridine rings is 1. The summed E-state index contributed by atoms with van der Waals surface area (Å²) in [5.74, 6) is 3.19. The largest absolute Gasteiger partial charge is 0.478 e. The molecule has 4 heteroatoms. The van der Waals surface area contributed by atoms with E-state index in [0.717, 1.165) is 31.0 Å². The number of rotatable bonds is 5. The summed E-state index contributed by atoms with van der Waals surface area (Å²) >= 11 is 2.01. The summed E-state index contributed by atoms with van der Waals surface area (Å²) in [6.45, 7) is 7.32. The molecule has 0 amide bonds. The highest BCUT2D eigenvalue weighted by Crippen LogP contribution is 2.22. The number of ether oxygens (including phenoxy) is 1. The molecule has 3 rings (SSSR count). The Labute approximate surface area is 130 Å². The summed E-state index contributed by atoms with van der Waals surface area (Å²) in [5.41, 5.74) is 3.52. The highest BCUT2D eigenvalue weighted by Gasteiger charge is 2.11. The van der Waals surface area contributed by atoms with Crippen LogP contribution in [0, 0.1) is 13.8 Å². The monoisotopic (exact) mass is 302 g/mol. The summed E-state index contributed by atoms with van der Waals surface area (Å²) in [6.07, 6.45) is 1.06. The molecule has 0 radical (unpaired) electrons. The molecule has 1 aliphatic heterocycles. The molecule has 1 fully saturated rings. The second-order valence-electron chi connectivity index (χ2n) is 5.66. The van der Waals surface area contributed by atoms with E-state index in [1.807, 2.05) is 17.8 Å². The fourth-order valence-corrected chi connectivity index (χ4v) is 3.68. The van der Waals surface area contributed by atoms with Gasteiger partial charge in [-0.15, -0.1) is 11.8 Å². The third-order valence-corrected chi connectivity index (χ3v) is 4.86. The molecule has 1 saturated heterocycles. The molecule has 1 aliphatic rings. The molecule has 0 atom stereocenters. The van der Waals surface area contributed by atoms with E-state index in [2.05, 4.69) is 41.9 Å². The molecule has 3 nitrogen and oxygen atoms in total. The predicted octanol–water partition coefficient (Wildman–Crippen LogP) is 3.63. The second kappa shape index (κ2) is 6.67. The summed E-state index contributed by atoms with van der Waals surface area (Å²) in [6, 6.07) is 8.41. The van der Waals surface area contributed by atoms with Crippen LogP contribution in [0.15, 0.2) is 24.3 Å². The molecule has 1 aromatic carbocycles. The maximum Gasteiger partial charge on any atom is 0.214 e. The Morgan fingerprint density at radius 1 is 1.29 bits per heavy atom. The van der Waals surface area contributed by atoms with Crippen molar-refractivity contribution < 1.29 is 4.74 Å². The van der Waals surface area contributed by atoms with Gasteiger partial charge < -0.3 is 4.74 Å². The van der Waals surface area contributed by atoms with Crippen LogP contribution in [0.5, 0.6) is 5.88 Å². The lowest BCUT2D eigenvalue weighted by atomic mass is 10.1. The zero-order chi connectivity index (χ0) is 14.7. The first-order valence-electron chi connectivity index (χ1n) is 7.53. The number of aromatic nitrogens is 1. The molecule has 2 heterocycles. The van der Waals surface area contributed by atoms with E-state index in [1.54, 1.807) is 0 Å². The number of nitrogens with zero attached hydrogens (tertiary/aromatic N) is 2. The van der Waals surface area contributed by atoms with Crippen molar-refractivity contribution in [2.24, 2.45) is 0 Å². The number of aryl methyl sites for hydroxylation is 2. The molecular weight excluding hydrogens is 280 g/mol. The smallest absolute Gasteiger partial charge is 0.214 e. The fraction of sp³-hybridized carbons (Fsp3) is 0.471. The molecule has 1 aromatic heterocycles. The molecule has 112 valence electrons. The zero-order valence-electron chi connectivity index (χ0n) is 12.8. The summed E-state index contributed by atoms with van der Waals surface area (Å²) in [7, 11) is 0. The number of benzene rings is 1. The van der Waals surface area contributed by atoms with Crippen molar-refractivity contribution in [1.82, 2.24) is 9.88 Å². The summed E-state index contributed by atoms with van der Waals surface area (Å²) < 4.78 is 5.84. The van der Waals surface area contributed by atoms with Gasteiger partial charge in [0.25, 0.3) is 0 Å². The topological polar surface area (TPSA) is 25.4 Å². The lowest BCUT2D eigenvalue weighted by Crippen LogP contribution is -2.22. The van der Waals surface area contributed by atoms with E-state index < -0.39 is 0 Å². The summed E-state index contributed by atoms with van der Waals surface area (Å²) in [4.78, 5) is 7.09. The standard InChI is InChI=1S/C17H22N2OS/c1-13-4-5-16-15(10-13)14(2)11-17(18-16)20-8-3-6-19-7-9-21-12-19/h4-5,10-11H,3,6-9,12H2,1-2H3. The molecule has 0 N–H and O–H groups in total. The van der Waals surface area contributed by atoms with Crippen LogP contribution in [-0.2, 0) is 0 Å². The van der Waals surface area contributed by atoms with Crippen molar-refractivity contribution in [3.8, 4) is 5.88 Å². The highest BCUT2D eigenvalue weighted by atomic mass is 32.2. The van der Waals surface area contributed by atoms with Crippen LogP contribution in [0.1, 0.15) is 17.5 Å². The first-order chi connectivity index (χ1) is 10.2. The van der Waals surface area contributed by atoms with E-state index >= 15 is 0 Å². The average molecular weight is 302 g/mol.